The summed E-state index contributed by atoms with van der Waals surface area (Å²) in [6, 6.07) is -0.685. The SMILES string of the molecule is CC[C@H](C)[C@H](N)C(=O)N[C@H](CO)C(C)C. The maximum atomic E-state index is 11.7. The molecule has 0 unspecified atom stereocenters. The van der Waals surface area contributed by atoms with Gasteiger partial charge in [-0.3, -0.25) is 4.79 Å². The number of hydrogen-bond donors (Lipinski definition) is 3. The van der Waals surface area contributed by atoms with E-state index in [4.69, 9.17) is 10.8 Å². The Hall–Kier alpha value is -0.610. The second-order valence-electron chi connectivity index (χ2n) is 4.45. The average Bonchev–Trinajstić information content (AvgIpc) is 2.22. The number of aliphatic hydroxyl groups is 1. The van der Waals surface area contributed by atoms with Crippen LogP contribution in [0, 0.1) is 11.8 Å². The molecule has 15 heavy (non-hydrogen) atoms. The van der Waals surface area contributed by atoms with Crippen molar-refractivity contribution in [1.29, 1.82) is 0 Å². The molecule has 4 N–H and O–H groups in total. The highest BCUT2D eigenvalue weighted by Gasteiger charge is 2.22. The van der Waals surface area contributed by atoms with Crippen molar-refractivity contribution in [2.24, 2.45) is 17.6 Å². The van der Waals surface area contributed by atoms with Crippen molar-refractivity contribution in [2.45, 2.75) is 46.2 Å². The summed E-state index contributed by atoms with van der Waals surface area (Å²) in [5.41, 5.74) is 5.78. The van der Waals surface area contributed by atoms with Gasteiger partial charge in [0.25, 0.3) is 0 Å². The van der Waals surface area contributed by atoms with Crippen molar-refractivity contribution in [3.63, 3.8) is 0 Å². The third-order valence-electron chi connectivity index (χ3n) is 2.89. The minimum atomic E-state index is -0.484. The van der Waals surface area contributed by atoms with Crippen LogP contribution < -0.4 is 11.1 Å². The standard InChI is InChI=1S/C11H24N2O2/c1-5-8(4)10(12)11(15)13-9(6-14)7(2)3/h7-10,14H,5-6,12H2,1-4H3,(H,13,15)/t8-,9+,10-/m0/s1. The van der Waals surface area contributed by atoms with Gasteiger partial charge >= 0.3 is 0 Å². The molecule has 0 heterocycles. The summed E-state index contributed by atoms with van der Waals surface area (Å²) in [4.78, 5) is 11.7. The quantitative estimate of drug-likeness (QED) is 0.605. The fourth-order valence-corrected chi connectivity index (χ4v) is 1.21. The van der Waals surface area contributed by atoms with Gasteiger partial charge in [0.1, 0.15) is 0 Å². The van der Waals surface area contributed by atoms with E-state index >= 15 is 0 Å². The van der Waals surface area contributed by atoms with E-state index in [1.54, 1.807) is 0 Å². The van der Waals surface area contributed by atoms with E-state index in [1.807, 2.05) is 27.7 Å². The molecular weight excluding hydrogens is 192 g/mol. The zero-order valence-electron chi connectivity index (χ0n) is 10.2. The van der Waals surface area contributed by atoms with E-state index < -0.39 is 6.04 Å². The normalized spacial score (nSPS) is 17.3. The fourth-order valence-electron chi connectivity index (χ4n) is 1.21. The molecule has 1 amide bonds. The van der Waals surface area contributed by atoms with Crippen molar-refractivity contribution in [3.8, 4) is 0 Å². The van der Waals surface area contributed by atoms with E-state index in [2.05, 4.69) is 5.32 Å². The summed E-state index contributed by atoms with van der Waals surface area (Å²) in [6.45, 7) is 7.82. The highest BCUT2D eigenvalue weighted by atomic mass is 16.3. The van der Waals surface area contributed by atoms with Crippen molar-refractivity contribution in [2.75, 3.05) is 6.61 Å². The maximum absolute atomic E-state index is 11.7. The first-order chi connectivity index (χ1) is 6.93. The molecule has 0 aliphatic carbocycles. The molecule has 0 rings (SSSR count). The molecule has 0 spiro atoms. The summed E-state index contributed by atoms with van der Waals surface area (Å²) < 4.78 is 0. The topological polar surface area (TPSA) is 75.4 Å². The summed E-state index contributed by atoms with van der Waals surface area (Å²) in [5, 5.41) is 11.8. The average molecular weight is 216 g/mol. The van der Waals surface area contributed by atoms with Crippen LogP contribution >= 0.6 is 0 Å². The molecule has 0 radical (unpaired) electrons. The van der Waals surface area contributed by atoms with Crippen LogP contribution in [0.5, 0.6) is 0 Å². The molecule has 0 aliphatic rings. The van der Waals surface area contributed by atoms with Crippen LogP contribution in [0.25, 0.3) is 0 Å². The third-order valence-corrected chi connectivity index (χ3v) is 2.89. The lowest BCUT2D eigenvalue weighted by molar-refractivity contribution is -0.124. The Morgan fingerprint density at radius 3 is 2.27 bits per heavy atom. The van der Waals surface area contributed by atoms with Crippen LogP contribution in [0.1, 0.15) is 34.1 Å². The Bertz CT molecular complexity index is 195. The van der Waals surface area contributed by atoms with Crippen LogP contribution in [0.15, 0.2) is 0 Å². The molecule has 0 bridgehead atoms. The molecular formula is C11H24N2O2. The molecule has 90 valence electrons. The number of nitrogens with two attached hydrogens (primary N) is 1. The number of amides is 1. The number of rotatable bonds is 6. The predicted molar refractivity (Wildman–Crippen MR) is 61.3 cm³/mol. The highest BCUT2D eigenvalue weighted by molar-refractivity contribution is 5.82. The second-order valence-corrected chi connectivity index (χ2v) is 4.45. The molecule has 0 saturated heterocycles. The van der Waals surface area contributed by atoms with Crippen molar-refractivity contribution in [3.05, 3.63) is 0 Å². The van der Waals surface area contributed by atoms with Crippen LogP contribution in [-0.4, -0.2) is 29.7 Å². The van der Waals surface area contributed by atoms with Gasteiger partial charge in [0.15, 0.2) is 0 Å². The Kier molecular flexibility index (Phi) is 6.52. The van der Waals surface area contributed by atoms with Crippen molar-refractivity contribution >= 4 is 5.91 Å². The van der Waals surface area contributed by atoms with Gasteiger partial charge in [-0.15, -0.1) is 0 Å². The zero-order valence-corrected chi connectivity index (χ0v) is 10.2. The first kappa shape index (κ1) is 14.4. The van der Waals surface area contributed by atoms with E-state index in [-0.39, 0.29) is 30.4 Å². The molecule has 0 aliphatic heterocycles. The Balaban J connectivity index is 4.22. The summed E-state index contributed by atoms with van der Waals surface area (Å²) in [5.74, 6) is 0.205. The number of aliphatic hydroxyl groups excluding tert-OH is 1. The van der Waals surface area contributed by atoms with E-state index in [1.165, 1.54) is 0 Å². The molecule has 0 fully saturated rings. The van der Waals surface area contributed by atoms with E-state index in [0.717, 1.165) is 6.42 Å². The van der Waals surface area contributed by atoms with Crippen LogP contribution in [0.2, 0.25) is 0 Å². The van der Waals surface area contributed by atoms with Crippen LogP contribution in [-0.2, 0) is 4.79 Å². The van der Waals surface area contributed by atoms with Crippen molar-refractivity contribution in [1.82, 2.24) is 5.32 Å². The molecule has 0 saturated carbocycles. The largest absolute Gasteiger partial charge is 0.394 e. The van der Waals surface area contributed by atoms with Gasteiger partial charge in [-0.2, -0.15) is 0 Å². The highest BCUT2D eigenvalue weighted by Crippen LogP contribution is 2.07. The van der Waals surface area contributed by atoms with Gasteiger partial charge < -0.3 is 16.2 Å². The Morgan fingerprint density at radius 2 is 1.93 bits per heavy atom. The summed E-state index contributed by atoms with van der Waals surface area (Å²) >= 11 is 0. The first-order valence-electron chi connectivity index (χ1n) is 5.60. The number of carbonyl (C=O) groups is 1. The maximum Gasteiger partial charge on any atom is 0.237 e. The Labute approximate surface area is 92.2 Å². The van der Waals surface area contributed by atoms with E-state index in [0.29, 0.717) is 0 Å². The fraction of sp³-hybridized carbons (Fsp3) is 0.909. The van der Waals surface area contributed by atoms with Crippen molar-refractivity contribution < 1.29 is 9.90 Å². The predicted octanol–water partition coefficient (Wildman–Crippen LogP) is 0.493. The van der Waals surface area contributed by atoms with E-state index in [9.17, 15) is 4.79 Å². The minimum absolute atomic E-state index is 0.0450. The number of hydrogen-bond acceptors (Lipinski definition) is 3. The van der Waals surface area contributed by atoms with Gasteiger partial charge in [-0.1, -0.05) is 34.1 Å². The smallest absolute Gasteiger partial charge is 0.237 e. The molecule has 0 aromatic heterocycles. The first-order valence-corrected chi connectivity index (χ1v) is 5.60. The van der Waals surface area contributed by atoms with Gasteiger partial charge in [0.2, 0.25) is 5.91 Å². The molecule has 4 heteroatoms. The van der Waals surface area contributed by atoms with Gasteiger partial charge in [0.05, 0.1) is 18.7 Å². The lowest BCUT2D eigenvalue weighted by Crippen LogP contribution is -2.50. The number of carbonyl (C=O) groups excluding carboxylic acids is 1. The monoisotopic (exact) mass is 216 g/mol. The summed E-state index contributed by atoms with van der Waals surface area (Å²) in [7, 11) is 0. The Morgan fingerprint density at radius 1 is 1.40 bits per heavy atom. The molecule has 3 atom stereocenters. The summed E-state index contributed by atoms with van der Waals surface area (Å²) in [6.07, 6.45) is 0.875. The van der Waals surface area contributed by atoms with Crippen LogP contribution in [0.3, 0.4) is 0 Å². The molecule has 4 nitrogen and oxygen atoms in total. The van der Waals surface area contributed by atoms with Gasteiger partial charge in [-0.05, 0) is 11.8 Å². The molecule has 0 aromatic rings. The number of nitrogens with one attached hydrogen (secondary N) is 1. The molecule has 0 aromatic carbocycles. The lowest BCUT2D eigenvalue weighted by Gasteiger charge is -2.24. The zero-order chi connectivity index (χ0) is 12.0. The van der Waals surface area contributed by atoms with Crippen LogP contribution in [0.4, 0.5) is 0 Å². The minimum Gasteiger partial charge on any atom is -0.394 e. The van der Waals surface area contributed by atoms with Gasteiger partial charge in [0, 0.05) is 0 Å². The van der Waals surface area contributed by atoms with Gasteiger partial charge in [-0.25, -0.2) is 0 Å². The second kappa shape index (κ2) is 6.80. The lowest BCUT2D eigenvalue weighted by atomic mass is 9.98. The third kappa shape index (κ3) is 4.62.